The van der Waals surface area contributed by atoms with Crippen LogP contribution in [0.25, 0.3) is 0 Å². The Morgan fingerprint density at radius 2 is 1.19 bits per heavy atom. The molecule has 0 radical (unpaired) electrons. The minimum atomic E-state index is -3.60. The van der Waals surface area contributed by atoms with Crippen LogP contribution >= 0.6 is 0 Å². The molecule has 8 nitrogen and oxygen atoms in total. The number of fused-ring (bicyclic) bond motifs is 5. The monoisotopic (exact) mass is 420 g/mol. The van der Waals surface area contributed by atoms with Gasteiger partial charge in [-0.2, -0.15) is 16.8 Å². The third-order valence-corrected chi connectivity index (χ3v) is 6.56. The molecule has 1 fully saturated rings. The van der Waals surface area contributed by atoms with E-state index in [0.717, 1.165) is 30.1 Å². The Kier molecular flexibility index (Phi) is 5.46. The number of ether oxygens (including phenoxy) is 2. The lowest BCUT2D eigenvalue weighted by Gasteiger charge is -2.32. The van der Waals surface area contributed by atoms with Gasteiger partial charge in [-0.05, 0) is 53.4 Å². The van der Waals surface area contributed by atoms with Crippen molar-refractivity contribution in [1.29, 1.82) is 0 Å². The van der Waals surface area contributed by atoms with Crippen molar-refractivity contribution >= 4 is 20.2 Å². The Hall–Kier alpha value is -1.36. The zero-order valence-corrected chi connectivity index (χ0v) is 17.3. The van der Waals surface area contributed by atoms with Crippen LogP contribution in [0.2, 0.25) is 0 Å². The number of hydrogen-bond donors (Lipinski definition) is 0. The van der Waals surface area contributed by atoms with E-state index >= 15 is 0 Å². The van der Waals surface area contributed by atoms with Crippen LogP contribution in [0, 0.1) is 11.8 Å². The normalized spacial score (nSPS) is 26.8. The van der Waals surface area contributed by atoms with Gasteiger partial charge in [-0.1, -0.05) is 0 Å². The van der Waals surface area contributed by atoms with Crippen molar-refractivity contribution in [3.05, 3.63) is 23.3 Å². The summed E-state index contributed by atoms with van der Waals surface area (Å²) in [5, 5.41) is 0. The van der Waals surface area contributed by atoms with E-state index in [-0.39, 0.29) is 36.9 Å². The molecule has 1 saturated carbocycles. The molecule has 0 spiro atoms. The highest BCUT2D eigenvalue weighted by Gasteiger charge is 2.52. The van der Waals surface area contributed by atoms with Gasteiger partial charge in [0, 0.05) is 0 Å². The van der Waals surface area contributed by atoms with Crippen molar-refractivity contribution < 1.29 is 34.7 Å². The minimum Gasteiger partial charge on any atom is -0.493 e. The second-order valence-corrected chi connectivity index (χ2v) is 10.4. The van der Waals surface area contributed by atoms with Crippen LogP contribution in [0.3, 0.4) is 0 Å². The van der Waals surface area contributed by atoms with Gasteiger partial charge >= 0.3 is 0 Å². The molecule has 2 aliphatic rings. The quantitative estimate of drug-likeness (QED) is 0.582. The summed E-state index contributed by atoms with van der Waals surface area (Å²) in [6.45, 7) is -0.0167. The minimum absolute atomic E-state index is 0.00836. The first-order chi connectivity index (χ1) is 12.5. The lowest BCUT2D eigenvalue weighted by atomic mass is 9.76. The third kappa shape index (κ3) is 4.23. The summed E-state index contributed by atoms with van der Waals surface area (Å²) in [5.41, 5.74) is 2.13. The topological polar surface area (TPSA) is 105 Å². The number of benzene rings is 1. The SMILES string of the molecule is COc1cc2c(cc1OC)[C@@H]1C[C@H]2[C@H](COS(C)(=O)=O)[C@@H]1COS(C)(=O)=O. The summed E-state index contributed by atoms with van der Waals surface area (Å²) in [5.74, 6) is 0.958. The summed E-state index contributed by atoms with van der Waals surface area (Å²) in [6.07, 6.45) is 2.79. The van der Waals surface area contributed by atoms with E-state index in [1.165, 1.54) is 0 Å². The van der Waals surface area contributed by atoms with Crippen molar-refractivity contribution in [1.82, 2.24) is 0 Å². The largest absolute Gasteiger partial charge is 0.493 e. The van der Waals surface area contributed by atoms with E-state index in [0.29, 0.717) is 11.5 Å². The fourth-order valence-electron chi connectivity index (χ4n) is 4.37. The van der Waals surface area contributed by atoms with E-state index in [1.54, 1.807) is 14.2 Å². The maximum absolute atomic E-state index is 11.5. The lowest BCUT2D eigenvalue weighted by Crippen LogP contribution is -2.31. The predicted molar refractivity (Wildman–Crippen MR) is 98.2 cm³/mol. The molecule has 0 aromatic heterocycles. The van der Waals surface area contributed by atoms with Gasteiger partial charge < -0.3 is 9.47 Å². The van der Waals surface area contributed by atoms with Gasteiger partial charge in [0.1, 0.15) is 0 Å². The fraction of sp³-hybridized carbons (Fsp3) is 0.647. The standard InChI is InChI=1S/C17H24O8S2/c1-22-16-6-12-10-5-11(13(12)7-17(16)23-2)15(9-25-27(4,20)21)14(10)8-24-26(3,18)19/h6-7,10-11,14-15H,5,8-9H2,1-4H3/t10-,11+,14+,15-. The Balaban J connectivity index is 1.95. The number of hydrogen-bond acceptors (Lipinski definition) is 8. The van der Waals surface area contributed by atoms with Gasteiger partial charge in [0.25, 0.3) is 20.2 Å². The third-order valence-electron chi connectivity index (χ3n) is 5.43. The van der Waals surface area contributed by atoms with Crippen molar-refractivity contribution in [2.24, 2.45) is 11.8 Å². The lowest BCUT2D eigenvalue weighted by molar-refractivity contribution is 0.147. The Morgan fingerprint density at radius 1 is 0.815 bits per heavy atom. The van der Waals surface area contributed by atoms with Crippen LogP contribution in [0.4, 0.5) is 0 Å². The Morgan fingerprint density at radius 3 is 1.48 bits per heavy atom. The first kappa shape index (κ1) is 20.4. The summed E-state index contributed by atoms with van der Waals surface area (Å²) in [4.78, 5) is 0. The molecule has 2 aliphatic carbocycles. The average Bonchev–Trinajstić information content (AvgIpc) is 3.11. The van der Waals surface area contributed by atoms with Crippen molar-refractivity contribution in [3.63, 3.8) is 0 Å². The van der Waals surface area contributed by atoms with E-state index in [2.05, 4.69) is 0 Å². The van der Waals surface area contributed by atoms with E-state index in [9.17, 15) is 16.8 Å². The van der Waals surface area contributed by atoms with Gasteiger partial charge in [0.05, 0.1) is 39.9 Å². The molecule has 0 saturated heterocycles. The molecule has 1 aromatic carbocycles. The van der Waals surface area contributed by atoms with Crippen molar-refractivity contribution in [3.8, 4) is 11.5 Å². The zero-order valence-electron chi connectivity index (χ0n) is 15.7. The van der Waals surface area contributed by atoms with Gasteiger partial charge in [-0.25, -0.2) is 0 Å². The molecule has 1 aromatic rings. The average molecular weight is 421 g/mol. The van der Waals surface area contributed by atoms with E-state index in [1.807, 2.05) is 12.1 Å². The van der Waals surface area contributed by atoms with Gasteiger partial charge in [0.2, 0.25) is 0 Å². The molecule has 0 aliphatic heterocycles. The van der Waals surface area contributed by atoms with E-state index in [4.69, 9.17) is 17.8 Å². The van der Waals surface area contributed by atoms with Crippen molar-refractivity contribution in [2.75, 3.05) is 39.9 Å². The number of rotatable bonds is 8. The van der Waals surface area contributed by atoms with Crippen molar-refractivity contribution in [2.45, 2.75) is 18.3 Å². The molecule has 0 unspecified atom stereocenters. The molecule has 0 N–H and O–H groups in total. The summed E-state index contributed by atoms with van der Waals surface area (Å²) in [6, 6.07) is 3.83. The molecule has 3 rings (SSSR count). The predicted octanol–water partition coefficient (Wildman–Crippen LogP) is 1.47. The summed E-state index contributed by atoms with van der Waals surface area (Å²) >= 11 is 0. The second kappa shape index (κ2) is 7.23. The Labute approximate surface area is 160 Å². The molecule has 152 valence electrons. The maximum Gasteiger partial charge on any atom is 0.264 e. The highest BCUT2D eigenvalue weighted by atomic mass is 32.2. The molecule has 0 amide bonds. The summed E-state index contributed by atoms with van der Waals surface area (Å²) < 4.78 is 66.7. The molecule has 10 heteroatoms. The second-order valence-electron chi connectivity index (χ2n) is 7.09. The van der Waals surface area contributed by atoms with Crippen LogP contribution in [0.5, 0.6) is 11.5 Å². The summed E-state index contributed by atoms with van der Waals surface area (Å²) in [7, 11) is -4.08. The van der Waals surface area contributed by atoms with Gasteiger partial charge in [-0.15, -0.1) is 0 Å². The van der Waals surface area contributed by atoms with Crippen LogP contribution in [-0.4, -0.2) is 56.8 Å². The van der Waals surface area contributed by atoms with Crippen LogP contribution in [-0.2, 0) is 28.6 Å². The molecular formula is C17H24O8S2. The van der Waals surface area contributed by atoms with E-state index < -0.39 is 20.2 Å². The van der Waals surface area contributed by atoms with Gasteiger partial charge in [0.15, 0.2) is 11.5 Å². The smallest absolute Gasteiger partial charge is 0.264 e. The molecule has 4 atom stereocenters. The van der Waals surface area contributed by atoms with Crippen LogP contribution in [0.15, 0.2) is 12.1 Å². The highest BCUT2D eigenvalue weighted by Crippen LogP contribution is 2.61. The highest BCUT2D eigenvalue weighted by molar-refractivity contribution is 7.86. The van der Waals surface area contributed by atoms with Gasteiger partial charge in [-0.3, -0.25) is 8.37 Å². The molecule has 27 heavy (non-hydrogen) atoms. The molecule has 2 bridgehead atoms. The molecular weight excluding hydrogens is 396 g/mol. The first-order valence-electron chi connectivity index (χ1n) is 8.48. The number of methoxy groups -OCH3 is 2. The van der Waals surface area contributed by atoms with Crippen LogP contribution in [0.1, 0.15) is 29.4 Å². The van der Waals surface area contributed by atoms with Crippen LogP contribution < -0.4 is 9.47 Å². The Bertz CT molecular complexity index is 847. The maximum atomic E-state index is 11.5. The first-order valence-corrected chi connectivity index (χ1v) is 12.1. The molecule has 0 heterocycles. The zero-order chi connectivity index (χ0) is 20.0. The fourth-order valence-corrected chi connectivity index (χ4v) is 5.18.